The largest absolute Gasteiger partial charge is 0.503 e. The van der Waals surface area contributed by atoms with E-state index >= 15 is 0 Å². The molecule has 7 heteroatoms. The Morgan fingerprint density at radius 1 is 1.19 bits per heavy atom. The highest BCUT2D eigenvalue weighted by molar-refractivity contribution is 7.09. The number of hydrogen-bond donors (Lipinski definition) is 2. The van der Waals surface area contributed by atoms with Crippen molar-refractivity contribution in [3.63, 3.8) is 0 Å². The average molecular weight is 317 g/mol. The summed E-state index contributed by atoms with van der Waals surface area (Å²) in [5.41, 5.74) is 0.588. The topological polar surface area (TPSA) is 70.4 Å². The van der Waals surface area contributed by atoms with Gasteiger partial charge in [-0.1, -0.05) is 13.8 Å². The molecule has 2 rings (SSSR count). The Labute approximate surface area is 125 Å². The van der Waals surface area contributed by atoms with Crippen LogP contribution in [0.25, 0.3) is 0 Å². The number of carboxylic acids is 1. The van der Waals surface area contributed by atoms with E-state index in [0.717, 1.165) is 17.1 Å². The van der Waals surface area contributed by atoms with Crippen LogP contribution in [0.4, 0.5) is 8.78 Å². The van der Waals surface area contributed by atoms with E-state index in [9.17, 15) is 13.6 Å². The van der Waals surface area contributed by atoms with Crippen molar-refractivity contribution in [3.05, 3.63) is 45.4 Å². The summed E-state index contributed by atoms with van der Waals surface area (Å²) in [4.78, 5) is 13.9. The van der Waals surface area contributed by atoms with Crippen LogP contribution in [0, 0.1) is 25.5 Å². The third-order valence-electron chi connectivity index (χ3n) is 2.00. The third kappa shape index (κ3) is 6.31. The van der Waals surface area contributed by atoms with E-state index in [1.807, 2.05) is 13.8 Å². The third-order valence-corrected chi connectivity index (χ3v) is 2.77. The Balaban J connectivity index is 0.000000342. The molecule has 0 spiro atoms. The number of aromatic carboxylic acids is 1. The zero-order valence-electron chi connectivity index (χ0n) is 12.1. The molecule has 1 heterocycles. The predicted octanol–water partition coefficient (Wildman–Crippen LogP) is 4.15. The molecule has 0 saturated heterocycles. The standard InChI is InChI=1S/C7H6F2O.C5H5NO2S.C2H6/c1-4-2-5(8)7(10)6(9)3-4;1-3-6-4(2-9-3)5(7)8;1-2/h2-3,10H,1H3;2H,1H3,(H,7,8);1-2H3. The number of aromatic nitrogens is 1. The minimum absolute atomic E-state index is 0.137. The Bertz CT molecular complexity index is 577. The summed E-state index contributed by atoms with van der Waals surface area (Å²) in [5, 5.41) is 19.2. The number of thiazole rings is 1. The molecule has 1 aromatic carbocycles. The minimum Gasteiger partial charge on any atom is -0.503 e. The van der Waals surface area contributed by atoms with Gasteiger partial charge in [0.2, 0.25) is 0 Å². The van der Waals surface area contributed by atoms with Crippen molar-refractivity contribution in [2.45, 2.75) is 27.7 Å². The predicted molar refractivity (Wildman–Crippen MR) is 77.9 cm³/mol. The number of hydrogen-bond acceptors (Lipinski definition) is 4. The number of aryl methyl sites for hydroxylation is 2. The zero-order valence-corrected chi connectivity index (χ0v) is 13.0. The first-order valence-electron chi connectivity index (χ1n) is 6.11. The van der Waals surface area contributed by atoms with Gasteiger partial charge in [0, 0.05) is 5.38 Å². The number of carbonyl (C=O) groups is 1. The van der Waals surface area contributed by atoms with Gasteiger partial charge in [0.25, 0.3) is 0 Å². The summed E-state index contributed by atoms with van der Waals surface area (Å²) in [6, 6.07) is 2.14. The van der Waals surface area contributed by atoms with Crippen LogP contribution in [0.5, 0.6) is 5.75 Å². The summed E-state index contributed by atoms with van der Waals surface area (Å²) in [7, 11) is 0. The summed E-state index contributed by atoms with van der Waals surface area (Å²) in [5.74, 6) is -3.71. The molecule has 0 radical (unpaired) electrons. The highest BCUT2D eigenvalue weighted by Crippen LogP contribution is 2.20. The lowest BCUT2D eigenvalue weighted by molar-refractivity contribution is 0.0691. The number of nitrogens with zero attached hydrogens (tertiary/aromatic N) is 1. The van der Waals surface area contributed by atoms with Crippen molar-refractivity contribution in [2.24, 2.45) is 0 Å². The normalized spacial score (nSPS) is 9.05. The molecule has 0 bridgehead atoms. The van der Waals surface area contributed by atoms with Gasteiger partial charge in [0.05, 0.1) is 5.01 Å². The molecule has 0 aliphatic carbocycles. The van der Waals surface area contributed by atoms with E-state index in [2.05, 4.69) is 4.98 Å². The van der Waals surface area contributed by atoms with Gasteiger partial charge in [0.15, 0.2) is 23.1 Å². The molecule has 1 aromatic heterocycles. The molecule has 2 N–H and O–H groups in total. The van der Waals surface area contributed by atoms with Crippen LogP contribution in [0.15, 0.2) is 17.5 Å². The van der Waals surface area contributed by atoms with Crippen LogP contribution >= 0.6 is 11.3 Å². The highest BCUT2D eigenvalue weighted by atomic mass is 32.1. The number of aromatic hydroxyl groups is 1. The lowest BCUT2D eigenvalue weighted by atomic mass is 10.2. The molecule has 0 aliphatic heterocycles. The van der Waals surface area contributed by atoms with E-state index in [1.165, 1.54) is 16.7 Å². The maximum atomic E-state index is 12.4. The number of benzene rings is 1. The summed E-state index contributed by atoms with van der Waals surface area (Å²) < 4.78 is 24.7. The lowest BCUT2D eigenvalue weighted by Crippen LogP contribution is -1.95. The van der Waals surface area contributed by atoms with Crippen molar-refractivity contribution in [2.75, 3.05) is 0 Å². The van der Waals surface area contributed by atoms with Gasteiger partial charge in [-0.2, -0.15) is 0 Å². The molecule has 0 saturated carbocycles. The van der Waals surface area contributed by atoms with Crippen molar-refractivity contribution < 1.29 is 23.8 Å². The molecule has 0 fully saturated rings. The number of rotatable bonds is 1. The van der Waals surface area contributed by atoms with Gasteiger partial charge in [-0.05, 0) is 31.5 Å². The fourth-order valence-electron chi connectivity index (χ4n) is 1.15. The molecular weight excluding hydrogens is 300 g/mol. The summed E-state index contributed by atoms with van der Waals surface area (Å²) in [6.45, 7) is 7.32. The SMILES string of the molecule is CC.Cc1cc(F)c(O)c(F)c1.Cc1nc(C(=O)O)cs1. The second-order valence-corrected chi connectivity index (χ2v) is 4.70. The van der Waals surface area contributed by atoms with Crippen molar-refractivity contribution in [1.29, 1.82) is 0 Å². The van der Waals surface area contributed by atoms with Gasteiger partial charge in [-0.25, -0.2) is 18.6 Å². The number of phenolic OH excluding ortho intramolecular Hbond substituents is 1. The number of carboxylic acid groups (broad SMARTS) is 1. The molecule has 0 aliphatic rings. The molecule has 21 heavy (non-hydrogen) atoms. The van der Waals surface area contributed by atoms with Gasteiger partial charge in [-0.3, -0.25) is 0 Å². The van der Waals surface area contributed by atoms with Crippen LogP contribution in [-0.4, -0.2) is 21.2 Å². The molecule has 0 amide bonds. The van der Waals surface area contributed by atoms with Gasteiger partial charge >= 0.3 is 5.97 Å². The summed E-state index contributed by atoms with van der Waals surface area (Å²) in [6.07, 6.45) is 0. The lowest BCUT2D eigenvalue weighted by Gasteiger charge is -1.97. The van der Waals surface area contributed by atoms with Gasteiger partial charge in [0.1, 0.15) is 0 Å². The van der Waals surface area contributed by atoms with Gasteiger partial charge < -0.3 is 10.2 Å². The van der Waals surface area contributed by atoms with E-state index in [4.69, 9.17) is 10.2 Å². The minimum atomic E-state index is -0.959. The molecular formula is C14H17F2NO3S. The quantitative estimate of drug-likeness (QED) is 0.828. The van der Waals surface area contributed by atoms with Crippen LogP contribution < -0.4 is 0 Å². The van der Waals surface area contributed by atoms with Crippen molar-refractivity contribution in [1.82, 2.24) is 4.98 Å². The molecule has 2 aromatic rings. The molecule has 4 nitrogen and oxygen atoms in total. The Kier molecular flexibility index (Phi) is 8.15. The van der Waals surface area contributed by atoms with E-state index in [1.54, 1.807) is 13.8 Å². The number of halogens is 2. The fourth-order valence-corrected chi connectivity index (χ4v) is 1.74. The van der Waals surface area contributed by atoms with Crippen molar-refractivity contribution in [3.8, 4) is 5.75 Å². The second kappa shape index (κ2) is 9.02. The first-order chi connectivity index (χ1) is 9.81. The Morgan fingerprint density at radius 3 is 1.95 bits per heavy atom. The highest BCUT2D eigenvalue weighted by Gasteiger charge is 2.06. The monoisotopic (exact) mass is 317 g/mol. The average Bonchev–Trinajstić information content (AvgIpc) is 2.86. The van der Waals surface area contributed by atoms with Crippen molar-refractivity contribution >= 4 is 17.3 Å². The van der Waals surface area contributed by atoms with E-state index < -0.39 is 23.4 Å². The maximum Gasteiger partial charge on any atom is 0.355 e. The van der Waals surface area contributed by atoms with Crippen LogP contribution in [0.1, 0.15) is 34.9 Å². The van der Waals surface area contributed by atoms with E-state index in [0.29, 0.717) is 5.56 Å². The van der Waals surface area contributed by atoms with Crippen LogP contribution in [0.3, 0.4) is 0 Å². The van der Waals surface area contributed by atoms with Gasteiger partial charge in [-0.15, -0.1) is 11.3 Å². The Morgan fingerprint density at radius 2 is 1.67 bits per heavy atom. The molecule has 0 unspecified atom stereocenters. The molecule has 116 valence electrons. The molecule has 0 atom stereocenters. The second-order valence-electron chi connectivity index (χ2n) is 3.63. The van der Waals surface area contributed by atoms with Crippen LogP contribution in [-0.2, 0) is 0 Å². The first-order valence-corrected chi connectivity index (χ1v) is 6.99. The Hall–Kier alpha value is -2.02. The maximum absolute atomic E-state index is 12.4. The number of phenols is 1. The smallest absolute Gasteiger partial charge is 0.355 e. The first kappa shape index (κ1) is 19.0. The van der Waals surface area contributed by atoms with E-state index in [-0.39, 0.29) is 5.69 Å². The summed E-state index contributed by atoms with van der Waals surface area (Å²) >= 11 is 1.34. The zero-order chi connectivity index (χ0) is 16.6. The fraction of sp³-hybridized carbons (Fsp3) is 0.286. The van der Waals surface area contributed by atoms with Crippen LogP contribution in [0.2, 0.25) is 0 Å².